The van der Waals surface area contributed by atoms with Crippen LogP contribution in [-0.4, -0.2) is 28.9 Å². The van der Waals surface area contributed by atoms with Crippen LogP contribution in [0.1, 0.15) is 52.4 Å². The van der Waals surface area contributed by atoms with Gasteiger partial charge in [-0.2, -0.15) is 0 Å². The molecule has 6 rings (SSSR count). The number of fused-ring (bicyclic) bond motifs is 1. The maximum Gasteiger partial charge on any atom is 0.232 e. The number of thiazole rings is 1. The molecule has 6 nitrogen and oxygen atoms in total. The molecule has 4 atom stereocenters. The van der Waals surface area contributed by atoms with Gasteiger partial charge in [0.15, 0.2) is 5.13 Å². The number of anilines is 1. The van der Waals surface area contributed by atoms with E-state index in [4.69, 9.17) is 4.74 Å². The molecule has 7 heteroatoms. The van der Waals surface area contributed by atoms with Crippen molar-refractivity contribution in [3.8, 4) is 5.75 Å². The van der Waals surface area contributed by atoms with E-state index in [9.17, 15) is 9.59 Å². The zero-order valence-corrected chi connectivity index (χ0v) is 17.7. The molecule has 1 heterocycles. The molecule has 0 saturated heterocycles. The highest BCUT2D eigenvalue weighted by atomic mass is 32.1. The quantitative estimate of drug-likeness (QED) is 0.773. The third kappa shape index (κ3) is 3.29. The largest absolute Gasteiger partial charge is 0.494 e. The lowest BCUT2D eigenvalue weighted by atomic mass is 9.46. The summed E-state index contributed by atoms with van der Waals surface area (Å²) in [5.74, 6) is 1.96. The minimum atomic E-state index is -0.388. The molecule has 0 radical (unpaired) electrons. The average Bonchev–Trinajstić information content (AvgIpc) is 3.01. The standard InChI is InChI=1S/C22H27N3O3S/c1-3-28-16-4-5-17-18(7-16)29-20(23-17)24-19(27)21-8-14-6-15(9-21)11-22(10-14,12-21)25-13(2)26/h4-5,7,14-15H,3,6,8-12H2,1-2H3,(H,25,26)(H,23,24,27)/t14-,15+,21?,22?. The smallest absolute Gasteiger partial charge is 0.232 e. The highest BCUT2D eigenvalue weighted by Gasteiger charge is 2.60. The molecule has 0 spiro atoms. The van der Waals surface area contributed by atoms with Crippen molar-refractivity contribution in [2.24, 2.45) is 17.3 Å². The zero-order chi connectivity index (χ0) is 20.2. The minimum absolute atomic E-state index is 0.0128. The van der Waals surface area contributed by atoms with Crippen molar-refractivity contribution in [2.45, 2.75) is 57.9 Å². The monoisotopic (exact) mass is 413 g/mol. The van der Waals surface area contributed by atoms with Gasteiger partial charge in [0.2, 0.25) is 11.8 Å². The second-order valence-corrected chi connectivity index (χ2v) is 10.3. The molecule has 154 valence electrons. The summed E-state index contributed by atoms with van der Waals surface area (Å²) in [5, 5.41) is 6.99. The summed E-state index contributed by atoms with van der Waals surface area (Å²) >= 11 is 1.49. The van der Waals surface area contributed by atoms with Crippen LogP contribution in [-0.2, 0) is 9.59 Å². The summed E-state index contributed by atoms with van der Waals surface area (Å²) in [6.45, 7) is 4.17. The lowest BCUT2D eigenvalue weighted by Crippen LogP contribution is -2.65. The van der Waals surface area contributed by atoms with Gasteiger partial charge in [-0.1, -0.05) is 11.3 Å². The molecule has 4 aliphatic carbocycles. The van der Waals surface area contributed by atoms with Crippen LogP contribution in [0.2, 0.25) is 0 Å². The van der Waals surface area contributed by atoms with Gasteiger partial charge in [-0.25, -0.2) is 4.98 Å². The van der Waals surface area contributed by atoms with Crippen LogP contribution in [0.5, 0.6) is 5.75 Å². The lowest BCUT2D eigenvalue weighted by molar-refractivity contribution is -0.148. The molecule has 0 aliphatic heterocycles. The fourth-order valence-corrected chi connectivity index (χ4v) is 7.38. The summed E-state index contributed by atoms with van der Waals surface area (Å²) < 4.78 is 6.57. The van der Waals surface area contributed by atoms with Crippen molar-refractivity contribution in [1.82, 2.24) is 10.3 Å². The summed E-state index contributed by atoms with van der Waals surface area (Å²) in [6.07, 6.45) is 5.82. The molecule has 1 aromatic carbocycles. The van der Waals surface area contributed by atoms with E-state index in [1.54, 1.807) is 6.92 Å². The Morgan fingerprint density at radius 3 is 2.69 bits per heavy atom. The van der Waals surface area contributed by atoms with Crippen LogP contribution < -0.4 is 15.4 Å². The fourth-order valence-electron chi connectivity index (χ4n) is 6.49. The number of carbonyl (C=O) groups is 2. The molecular weight excluding hydrogens is 386 g/mol. The summed E-state index contributed by atoms with van der Waals surface area (Å²) in [4.78, 5) is 29.9. The number of amides is 2. The van der Waals surface area contributed by atoms with Gasteiger partial charge in [-0.05, 0) is 75.5 Å². The van der Waals surface area contributed by atoms with Crippen molar-refractivity contribution in [1.29, 1.82) is 0 Å². The van der Waals surface area contributed by atoms with Crippen LogP contribution in [0.25, 0.3) is 10.2 Å². The Hall–Kier alpha value is -2.15. The predicted octanol–water partition coefficient (Wildman–Crippen LogP) is 4.11. The van der Waals surface area contributed by atoms with Crippen molar-refractivity contribution < 1.29 is 14.3 Å². The van der Waals surface area contributed by atoms with Crippen molar-refractivity contribution in [3.63, 3.8) is 0 Å². The van der Waals surface area contributed by atoms with Gasteiger partial charge >= 0.3 is 0 Å². The number of aromatic nitrogens is 1. The van der Waals surface area contributed by atoms with E-state index in [2.05, 4.69) is 15.6 Å². The molecule has 29 heavy (non-hydrogen) atoms. The number of hydrogen-bond acceptors (Lipinski definition) is 5. The van der Waals surface area contributed by atoms with Gasteiger partial charge in [0.05, 0.1) is 22.2 Å². The van der Waals surface area contributed by atoms with E-state index in [0.29, 0.717) is 23.6 Å². The van der Waals surface area contributed by atoms with Crippen LogP contribution in [0, 0.1) is 17.3 Å². The first kappa shape index (κ1) is 18.9. The second-order valence-electron chi connectivity index (χ2n) is 9.24. The van der Waals surface area contributed by atoms with E-state index in [1.807, 2.05) is 25.1 Å². The van der Waals surface area contributed by atoms with Crippen LogP contribution >= 0.6 is 11.3 Å². The van der Waals surface area contributed by atoms with E-state index >= 15 is 0 Å². The number of rotatable bonds is 5. The van der Waals surface area contributed by atoms with Crippen molar-refractivity contribution in [2.75, 3.05) is 11.9 Å². The van der Waals surface area contributed by atoms with Gasteiger partial charge in [0.25, 0.3) is 0 Å². The molecule has 4 bridgehead atoms. The molecule has 2 aromatic rings. The molecule has 2 amide bonds. The van der Waals surface area contributed by atoms with Gasteiger partial charge in [-0.15, -0.1) is 0 Å². The third-order valence-corrected chi connectivity index (χ3v) is 7.81. The molecular formula is C22H27N3O3S. The predicted molar refractivity (Wildman–Crippen MR) is 113 cm³/mol. The highest BCUT2D eigenvalue weighted by molar-refractivity contribution is 7.22. The van der Waals surface area contributed by atoms with Gasteiger partial charge in [-0.3, -0.25) is 9.59 Å². The molecule has 2 unspecified atom stereocenters. The Balaban J connectivity index is 1.39. The van der Waals surface area contributed by atoms with Crippen molar-refractivity contribution >= 4 is 38.5 Å². The Kier molecular flexibility index (Phi) is 4.35. The van der Waals surface area contributed by atoms with Gasteiger partial charge in [0.1, 0.15) is 5.75 Å². The second kappa shape index (κ2) is 6.69. The highest BCUT2D eigenvalue weighted by Crippen LogP contribution is 2.62. The summed E-state index contributed by atoms with van der Waals surface area (Å²) in [6, 6.07) is 5.82. The third-order valence-electron chi connectivity index (χ3n) is 6.88. The normalized spacial score (nSPS) is 32.3. The first-order valence-corrected chi connectivity index (χ1v) is 11.3. The maximum absolute atomic E-state index is 13.5. The summed E-state index contributed by atoms with van der Waals surface area (Å²) in [5.41, 5.74) is 0.280. The zero-order valence-electron chi connectivity index (χ0n) is 16.9. The van der Waals surface area contributed by atoms with E-state index in [-0.39, 0.29) is 22.8 Å². The van der Waals surface area contributed by atoms with Gasteiger partial charge in [0, 0.05) is 12.5 Å². The Morgan fingerprint density at radius 1 is 1.24 bits per heavy atom. The number of hydrogen-bond donors (Lipinski definition) is 2. The first-order chi connectivity index (χ1) is 13.9. The number of nitrogens with one attached hydrogen (secondary N) is 2. The fraction of sp³-hybridized carbons (Fsp3) is 0.591. The van der Waals surface area contributed by atoms with Crippen LogP contribution in [0.3, 0.4) is 0 Å². The SMILES string of the molecule is CCOc1ccc2nc(NC(=O)C34C[C@@H]5C[C@@H](CC(NC(C)=O)(C5)C3)C4)sc2c1. The lowest BCUT2D eigenvalue weighted by Gasteiger charge is -2.61. The topological polar surface area (TPSA) is 80.3 Å². The molecule has 1 aromatic heterocycles. The first-order valence-electron chi connectivity index (χ1n) is 10.5. The average molecular weight is 414 g/mol. The Morgan fingerprint density at radius 2 is 2.00 bits per heavy atom. The van der Waals surface area contributed by atoms with E-state index in [1.165, 1.54) is 17.8 Å². The number of carbonyl (C=O) groups excluding carboxylic acids is 2. The molecule has 4 fully saturated rings. The molecule has 2 N–H and O–H groups in total. The maximum atomic E-state index is 13.5. The Bertz CT molecular complexity index is 971. The minimum Gasteiger partial charge on any atom is -0.494 e. The summed E-state index contributed by atoms with van der Waals surface area (Å²) in [7, 11) is 0. The van der Waals surface area contributed by atoms with Crippen LogP contribution in [0.15, 0.2) is 18.2 Å². The number of ether oxygens (including phenoxy) is 1. The Labute approximate surface area is 174 Å². The molecule has 4 saturated carbocycles. The number of benzene rings is 1. The van der Waals surface area contributed by atoms with Crippen molar-refractivity contribution in [3.05, 3.63) is 18.2 Å². The number of nitrogens with zero attached hydrogens (tertiary/aromatic N) is 1. The van der Waals surface area contributed by atoms with E-state index < -0.39 is 0 Å². The van der Waals surface area contributed by atoms with E-state index in [0.717, 1.165) is 48.1 Å². The van der Waals surface area contributed by atoms with Crippen LogP contribution in [0.4, 0.5) is 5.13 Å². The van der Waals surface area contributed by atoms with Gasteiger partial charge < -0.3 is 15.4 Å². The molecule has 4 aliphatic rings.